The molecular weight excluding hydrogens is 485 g/mol. The maximum absolute atomic E-state index is 13.5. The number of para-hydroxylation sites is 1. The predicted molar refractivity (Wildman–Crippen MR) is 133 cm³/mol. The Morgan fingerprint density at radius 2 is 1.95 bits per heavy atom. The van der Waals surface area contributed by atoms with Crippen LogP contribution >= 0.6 is 0 Å². The highest BCUT2D eigenvalue weighted by molar-refractivity contribution is 5.98. The zero-order valence-corrected chi connectivity index (χ0v) is 19.7. The van der Waals surface area contributed by atoms with Crippen molar-refractivity contribution in [2.75, 3.05) is 11.1 Å². The molecule has 37 heavy (non-hydrogen) atoms. The number of rotatable bonds is 5. The standard InChI is InChI=1S/C26H23F3N6O2/c1-14-5-9-18(33-14)25(36)34-20-11-16(26(27,28)29)7-8-17(20)19-12-23(32-13-31-19)37-21-4-2-3-15-6-10-22(30)35-24(15)21/h2-4,6-8,10-14,18,33H,5,9H2,1H3,(H2,30,35)(H,34,36)/t14-,18+/m1/s1. The molecule has 2 aromatic heterocycles. The first-order valence-corrected chi connectivity index (χ1v) is 11.6. The number of pyridine rings is 1. The lowest BCUT2D eigenvalue weighted by atomic mass is 10.0. The molecule has 8 nitrogen and oxygen atoms in total. The number of benzene rings is 2. The Bertz CT molecular complexity index is 1480. The molecule has 1 amide bonds. The molecule has 0 aliphatic carbocycles. The van der Waals surface area contributed by atoms with Crippen LogP contribution in [0.25, 0.3) is 22.2 Å². The van der Waals surface area contributed by atoms with E-state index in [4.69, 9.17) is 10.5 Å². The predicted octanol–water partition coefficient (Wildman–Crippen LogP) is 5.16. The summed E-state index contributed by atoms with van der Waals surface area (Å²) < 4.78 is 46.4. The van der Waals surface area contributed by atoms with E-state index in [0.717, 1.165) is 23.9 Å². The number of nitrogens with two attached hydrogens (primary N) is 1. The largest absolute Gasteiger partial charge is 0.437 e. The fourth-order valence-corrected chi connectivity index (χ4v) is 4.27. The van der Waals surface area contributed by atoms with Crippen molar-refractivity contribution in [1.82, 2.24) is 20.3 Å². The van der Waals surface area contributed by atoms with Gasteiger partial charge in [0.25, 0.3) is 0 Å². The lowest BCUT2D eigenvalue weighted by Gasteiger charge is -2.17. The zero-order chi connectivity index (χ0) is 26.2. The number of nitrogen functional groups attached to an aromatic ring is 1. The van der Waals surface area contributed by atoms with Crippen LogP contribution in [0.3, 0.4) is 0 Å². The van der Waals surface area contributed by atoms with Crippen LogP contribution in [0.5, 0.6) is 11.6 Å². The first-order chi connectivity index (χ1) is 17.7. The van der Waals surface area contributed by atoms with Crippen LogP contribution in [0.2, 0.25) is 0 Å². The van der Waals surface area contributed by atoms with Gasteiger partial charge in [-0.3, -0.25) is 4.79 Å². The van der Waals surface area contributed by atoms with E-state index in [-0.39, 0.29) is 23.3 Å². The van der Waals surface area contributed by atoms with E-state index >= 15 is 0 Å². The van der Waals surface area contributed by atoms with Gasteiger partial charge in [0.05, 0.1) is 23.0 Å². The third-order valence-electron chi connectivity index (χ3n) is 6.13. The number of ether oxygens (including phenoxy) is 1. The van der Waals surface area contributed by atoms with Gasteiger partial charge in [0.15, 0.2) is 5.75 Å². The molecule has 0 radical (unpaired) electrons. The summed E-state index contributed by atoms with van der Waals surface area (Å²) in [5.74, 6) is 0.458. The van der Waals surface area contributed by atoms with E-state index in [0.29, 0.717) is 29.1 Å². The monoisotopic (exact) mass is 508 g/mol. The molecule has 0 saturated carbocycles. The summed E-state index contributed by atoms with van der Waals surface area (Å²) in [6, 6.07) is 13.1. The van der Waals surface area contributed by atoms with Crippen LogP contribution in [-0.4, -0.2) is 32.9 Å². The summed E-state index contributed by atoms with van der Waals surface area (Å²) in [5, 5.41) is 6.60. The molecule has 1 aliphatic rings. The number of hydrogen-bond acceptors (Lipinski definition) is 7. The van der Waals surface area contributed by atoms with Crippen LogP contribution in [0.4, 0.5) is 24.7 Å². The van der Waals surface area contributed by atoms with Gasteiger partial charge >= 0.3 is 6.18 Å². The van der Waals surface area contributed by atoms with Gasteiger partial charge in [-0.25, -0.2) is 15.0 Å². The maximum atomic E-state index is 13.5. The van der Waals surface area contributed by atoms with E-state index in [2.05, 4.69) is 25.6 Å². The molecule has 0 bridgehead atoms. The number of carbonyl (C=O) groups excluding carboxylic acids is 1. The van der Waals surface area contributed by atoms with Gasteiger partial charge in [-0.1, -0.05) is 18.2 Å². The van der Waals surface area contributed by atoms with E-state index in [9.17, 15) is 18.0 Å². The molecular formula is C26H23F3N6O2. The van der Waals surface area contributed by atoms with E-state index < -0.39 is 23.7 Å². The van der Waals surface area contributed by atoms with Crippen LogP contribution in [0.15, 0.2) is 60.9 Å². The van der Waals surface area contributed by atoms with Gasteiger partial charge in [0.1, 0.15) is 17.7 Å². The minimum Gasteiger partial charge on any atom is -0.437 e. The molecule has 4 N–H and O–H groups in total. The lowest BCUT2D eigenvalue weighted by molar-refractivity contribution is -0.137. The molecule has 0 unspecified atom stereocenters. The number of nitrogens with one attached hydrogen (secondary N) is 2. The number of hydrogen-bond donors (Lipinski definition) is 3. The highest BCUT2D eigenvalue weighted by Crippen LogP contribution is 2.37. The summed E-state index contributed by atoms with van der Waals surface area (Å²) in [6.07, 6.45) is -1.95. The van der Waals surface area contributed by atoms with E-state index in [1.807, 2.05) is 19.1 Å². The van der Waals surface area contributed by atoms with Crippen molar-refractivity contribution < 1.29 is 22.7 Å². The number of fused-ring (bicyclic) bond motifs is 1. The second-order valence-electron chi connectivity index (χ2n) is 8.85. The Labute approximate surface area is 210 Å². The minimum atomic E-state index is -4.58. The normalized spacial score (nSPS) is 17.6. The number of amides is 1. The summed E-state index contributed by atoms with van der Waals surface area (Å²) >= 11 is 0. The summed E-state index contributed by atoms with van der Waals surface area (Å²) in [4.78, 5) is 25.5. The number of carbonyl (C=O) groups is 1. The molecule has 190 valence electrons. The minimum absolute atomic E-state index is 0.00886. The van der Waals surface area contributed by atoms with Gasteiger partial charge in [0, 0.05) is 23.1 Å². The zero-order valence-electron chi connectivity index (χ0n) is 19.7. The van der Waals surface area contributed by atoms with Crippen molar-refractivity contribution in [3.63, 3.8) is 0 Å². The third kappa shape index (κ3) is 5.31. The third-order valence-corrected chi connectivity index (χ3v) is 6.13. The first-order valence-electron chi connectivity index (χ1n) is 11.6. The van der Waals surface area contributed by atoms with Gasteiger partial charge in [-0.2, -0.15) is 13.2 Å². The fraction of sp³-hybridized carbons (Fsp3) is 0.231. The molecule has 1 fully saturated rings. The summed E-state index contributed by atoms with van der Waals surface area (Å²) in [7, 11) is 0. The number of aromatic nitrogens is 3. The SMILES string of the molecule is C[C@@H]1CC[C@@H](C(=O)Nc2cc(C(F)(F)F)ccc2-c2cc(Oc3cccc4ccc(N)nc34)ncn2)N1. The van der Waals surface area contributed by atoms with Gasteiger partial charge in [-0.15, -0.1) is 0 Å². The molecule has 11 heteroatoms. The maximum Gasteiger partial charge on any atom is 0.416 e. The summed E-state index contributed by atoms with van der Waals surface area (Å²) in [6.45, 7) is 1.95. The Hall–Kier alpha value is -4.25. The van der Waals surface area contributed by atoms with Crippen molar-refractivity contribution in [1.29, 1.82) is 0 Å². The van der Waals surface area contributed by atoms with Crippen molar-refractivity contribution in [3.05, 3.63) is 66.5 Å². The van der Waals surface area contributed by atoms with Crippen LogP contribution < -0.4 is 21.1 Å². The topological polar surface area (TPSA) is 115 Å². The van der Waals surface area contributed by atoms with Crippen molar-refractivity contribution in [2.45, 2.75) is 38.0 Å². The van der Waals surface area contributed by atoms with Crippen molar-refractivity contribution in [2.24, 2.45) is 0 Å². The fourth-order valence-electron chi connectivity index (χ4n) is 4.27. The second kappa shape index (κ2) is 9.66. The Balaban J connectivity index is 1.49. The van der Waals surface area contributed by atoms with Gasteiger partial charge in [-0.05, 0) is 50.1 Å². The highest BCUT2D eigenvalue weighted by Gasteiger charge is 2.32. The smallest absolute Gasteiger partial charge is 0.416 e. The van der Waals surface area contributed by atoms with Gasteiger partial charge < -0.3 is 21.1 Å². The van der Waals surface area contributed by atoms with Crippen LogP contribution in [0.1, 0.15) is 25.3 Å². The number of anilines is 2. The molecule has 1 saturated heterocycles. The van der Waals surface area contributed by atoms with Crippen molar-refractivity contribution >= 4 is 28.3 Å². The Morgan fingerprint density at radius 1 is 1.11 bits per heavy atom. The molecule has 4 aromatic rings. The average molecular weight is 509 g/mol. The molecule has 1 aliphatic heterocycles. The Morgan fingerprint density at radius 3 is 2.70 bits per heavy atom. The number of alkyl halides is 3. The highest BCUT2D eigenvalue weighted by atomic mass is 19.4. The first kappa shape index (κ1) is 24.4. The lowest BCUT2D eigenvalue weighted by Crippen LogP contribution is -2.38. The molecule has 3 heterocycles. The van der Waals surface area contributed by atoms with Gasteiger partial charge in [0.2, 0.25) is 11.8 Å². The summed E-state index contributed by atoms with van der Waals surface area (Å²) in [5.41, 5.74) is 6.03. The van der Waals surface area contributed by atoms with E-state index in [1.165, 1.54) is 18.5 Å². The van der Waals surface area contributed by atoms with Crippen LogP contribution in [0, 0.1) is 0 Å². The second-order valence-corrected chi connectivity index (χ2v) is 8.85. The van der Waals surface area contributed by atoms with E-state index in [1.54, 1.807) is 18.2 Å². The number of halogens is 3. The quantitative estimate of drug-likeness (QED) is 0.341. The number of nitrogens with zero attached hydrogens (tertiary/aromatic N) is 3. The Kier molecular flexibility index (Phi) is 6.38. The van der Waals surface area contributed by atoms with Crippen molar-refractivity contribution in [3.8, 4) is 22.9 Å². The molecule has 2 atom stereocenters. The molecule has 2 aromatic carbocycles. The molecule has 0 spiro atoms. The van der Waals surface area contributed by atoms with Crippen LogP contribution in [-0.2, 0) is 11.0 Å². The molecule has 5 rings (SSSR count). The average Bonchev–Trinajstić information content (AvgIpc) is 3.30.